The van der Waals surface area contributed by atoms with Gasteiger partial charge in [-0.05, 0) is 47.9 Å². The summed E-state index contributed by atoms with van der Waals surface area (Å²) < 4.78 is 5.91. The summed E-state index contributed by atoms with van der Waals surface area (Å²) in [4.78, 5) is 4.60. The van der Waals surface area contributed by atoms with Gasteiger partial charge in [-0.2, -0.15) is 5.26 Å². The first kappa shape index (κ1) is 15.9. The number of benzene rings is 2. The van der Waals surface area contributed by atoms with Crippen LogP contribution in [0.2, 0.25) is 0 Å². The monoisotopic (exact) mass is 390 g/mol. The number of nitrogens with zero attached hydrogens (tertiary/aromatic N) is 2. The Balaban J connectivity index is 1.77. The van der Waals surface area contributed by atoms with Crippen LogP contribution in [-0.2, 0) is 5.33 Å². The highest BCUT2D eigenvalue weighted by molar-refractivity contribution is 9.08. The molecule has 2 aromatic carbocycles. The lowest BCUT2D eigenvalue weighted by Crippen LogP contribution is -2.03. The predicted molar refractivity (Wildman–Crippen MR) is 102 cm³/mol. The van der Waals surface area contributed by atoms with Crippen LogP contribution in [0, 0.1) is 11.3 Å². The van der Waals surface area contributed by atoms with E-state index < -0.39 is 0 Å². The maximum Gasteiger partial charge on any atom is 0.227 e. The molecular weight excluding hydrogens is 376 g/mol. The second-order valence-electron chi connectivity index (χ2n) is 6.03. The zero-order valence-electron chi connectivity index (χ0n) is 13.4. The van der Waals surface area contributed by atoms with Crippen LogP contribution >= 0.6 is 15.9 Å². The number of nitriles is 1. The Labute approximate surface area is 154 Å². The Morgan fingerprint density at radius 2 is 2.12 bits per heavy atom. The number of aromatic nitrogens is 1. The van der Waals surface area contributed by atoms with E-state index in [9.17, 15) is 5.26 Å². The van der Waals surface area contributed by atoms with Gasteiger partial charge in [0, 0.05) is 22.4 Å². The summed E-state index contributed by atoms with van der Waals surface area (Å²) in [6, 6.07) is 16.3. The average Bonchev–Trinajstić information content (AvgIpc) is 3.11. The molecule has 25 heavy (non-hydrogen) atoms. The minimum atomic E-state index is 0.191. The molecule has 3 aromatic rings. The van der Waals surface area contributed by atoms with Crippen LogP contribution < -0.4 is 0 Å². The van der Waals surface area contributed by atoms with Crippen molar-refractivity contribution in [2.75, 3.05) is 0 Å². The van der Waals surface area contributed by atoms with Crippen LogP contribution in [-0.4, -0.2) is 4.98 Å². The van der Waals surface area contributed by atoms with Gasteiger partial charge in [0.05, 0.1) is 6.07 Å². The van der Waals surface area contributed by atoms with E-state index in [-0.39, 0.29) is 5.92 Å². The molecule has 0 saturated carbocycles. The van der Waals surface area contributed by atoms with E-state index >= 15 is 0 Å². The Kier molecular flexibility index (Phi) is 4.25. The van der Waals surface area contributed by atoms with Crippen molar-refractivity contribution in [1.29, 1.82) is 5.26 Å². The second kappa shape index (κ2) is 6.70. The predicted octanol–water partition coefficient (Wildman–Crippen LogP) is 5.88. The van der Waals surface area contributed by atoms with Crippen molar-refractivity contribution < 1.29 is 4.42 Å². The van der Waals surface area contributed by atoms with Gasteiger partial charge in [-0.15, -0.1) is 0 Å². The van der Waals surface area contributed by atoms with Crippen molar-refractivity contribution in [3.8, 4) is 17.5 Å². The third-order valence-corrected chi connectivity index (χ3v) is 5.06. The van der Waals surface area contributed by atoms with Gasteiger partial charge < -0.3 is 4.42 Å². The van der Waals surface area contributed by atoms with Gasteiger partial charge in [-0.3, -0.25) is 0 Å². The highest BCUT2D eigenvalue weighted by Gasteiger charge is 2.18. The number of para-hydroxylation sites is 2. The van der Waals surface area contributed by atoms with Crippen LogP contribution in [0.1, 0.15) is 23.5 Å². The largest absolute Gasteiger partial charge is 0.436 e. The van der Waals surface area contributed by atoms with E-state index in [1.807, 2.05) is 42.5 Å². The highest BCUT2D eigenvalue weighted by atomic mass is 79.9. The van der Waals surface area contributed by atoms with E-state index in [0.29, 0.717) is 5.89 Å². The molecule has 0 saturated heterocycles. The van der Waals surface area contributed by atoms with Gasteiger partial charge >= 0.3 is 0 Å². The Bertz CT molecular complexity index is 1010. The van der Waals surface area contributed by atoms with Crippen molar-refractivity contribution in [2.45, 2.75) is 17.7 Å². The molecule has 1 atom stereocenters. The summed E-state index contributed by atoms with van der Waals surface area (Å²) in [5, 5.41) is 9.98. The van der Waals surface area contributed by atoms with Crippen molar-refractivity contribution in [2.24, 2.45) is 0 Å². The van der Waals surface area contributed by atoms with E-state index in [1.54, 1.807) is 0 Å². The number of rotatable bonds is 3. The van der Waals surface area contributed by atoms with Gasteiger partial charge in [0.15, 0.2) is 5.58 Å². The lowest BCUT2D eigenvalue weighted by molar-refractivity contribution is 0.619. The summed E-state index contributed by atoms with van der Waals surface area (Å²) in [5.41, 5.74) is 5.83. The fourth-order valence-electron chi connectivity index (χ4n) is 3.17. The van der Waals surface area contributed by atoms with E-state index in [2.05, 4.69) is 45.2 Å². The van der Waals surface area contributed by atoms with Gasteiger partial charge in [0.2, 0.25) is 5.89 Å². The third-order valence-electron chi connectivity index (χ3n) is 4.45. The normalized spacial score (nSPS) is 16.6. The first-order valence-corrected chi connectivity index (χ1v) is 9.23. The van der Waals surface area contributed by atoms with Crippen molar-refractivity contribution >= 4 is 27.0 Å². The number of alkyl halides is 1. The number of hydrogen-bond acceptors (Lipinski definition) is 3. The van der Waals surface area contributed by atoms with Gasteiger partial charge in [-0.1, -0.05) is 46.3 Å². The Morgan fingerprint density at radius 3 is 2.92 bits per heavy atom. The lowest BCUT2D eigenvalue weighted by atomic mass is 9.85. The quantitative estimate of drug-likeness (QED) is 0.524. The smallest absolute Gasteiger partial charge is 0.227 e. The number of fused-ring (bicyclic) bond motifs is 1. The topological polar surface area (TPSA) is 49.8 Å². The third kappa shape index (κ3) is 3.04. The lowest BCUT2D eigenvalue weighted by Gasteiger charge is -2.19. The minimum Gasteiger partial charge on any atom is -0.436 e. The maximum atomic E-state index is 9.21. The molecule has 0 aliphatic heterocycles. The molecular formula is C21H15BrN2O. The zero-order chi connectivity index (χ0) is 17.2. The molecule has 3 nitrogen and oxygen atoms in total. The molecule has 0 bridgehead atoms. The Hall–Kier alpha value is -2.64. The molecule has 1 aliphatic rings. The number of oxazole rings is 1. The first-order valence-electron chi connectivity index (χ1n) is 8.10. The molecule has 0 spiro atoms. The Morgan fingerprint density at radius 1 is 1.24 bits per heavy atom. The van der Waals surface area contributed by atoms with Crippen LogP contribution in [0.25, 0.3) is 22.6 Å². The molecule has 1 aliphatic carbocycles. The molecule has 1 aromatic heterocycles. The fraction of sp³-hybridized carbons (Fsp3) is 0.143. The van der Waals surface area contributed by atoms with Crippen molar-refractivity contribution in [3.05, 3.63) is 77.4 Å². The molecule has 0 N–H and O–H groups in total. The number of halogens is 1. The SMILES string of the molecule is N#CC1=CC=CC(c2cc(-c3nc4ccccc4o3)ccc2CBr)C1. The standard InChI is InChI=1S/C21H15BrN2O/c22-12-17-9-8-16(21-24-19-6-1-2-7-20(19)25-21)11-18(17)15-5-3-4-14(10-15)13-23/h1-9,11,15H,10,12H2. The van der Waals surface area contributed by atoms with Crippen LogP contribution in [0.4, 0.5) is 0 Å². The summed E-state index contributed by atoms with van der Waals surface area (Å²) in [6.07, 6.45) is 6.73. The average molecular weight is 391 g/mol. The summed E-state index contributed by atoms with van der Waals surface area (Å²) in [7, 11) is 0. The molecule has 122 valence electrons. The first-order chi connectivity index (χ1) is 12.3. The van der Waals surface area contributed by atoms with Gasteiger partial charge in [0.25, 0.3) is 0 Å². The maximum absolute atomic E-state index is 9.21. The van der Waals surface area contributed by atoms with Crippen LogP contribution in [0.15, 0.2) is 70.7 Å². The minimum absolute atomic E-state index is 0.191. The summed E-state index contributed by atoms with van der Waals surface area (Å²) in [6.45, 7) is 0. The highest BCUT2D eigenvalue weighted by Crippen LogP contribution is 2.35. The molecule has 0 radical (unpaired) electrons. The molecule has 4 heteroatoms. The molecule has 1 heterocycles. The van der Waals surface area contributed by atoms with Crippen LogP contribution in [0.3, 0.4) is 0 Å². The van der Waals surface area contributed by atoms with Gasteiger partial charge in [-0.25, -0.2) is 4.98 Å². The molecule has 4 rings (SSSR count). The van der Waals surface area contributed by atoms with Crippen molar-refractivity contribution in [3.63, 3.8) is 0 Å². The molecule has 1 unspecified atom stereocenters. The fourth-order valence-corrected chi connectivity index (χ4v) is 3.68. The van der Waals surface area contributed by atoms with Crippen molar-refractivity contribution in [1.82, 2.24) is 4.98 Å². The van der Waals surface area contributed by atoms with E-state index in [4.69, 9.17) is 4.42 Å². The number of allylic oxidation sites excluding steroid dienone is 4. The van der Waals surface area contributed by atoms with Crippen LogP contribution in [0.5, 0.6) is 0 Å². The number of hydrogen-bond donors (Lipinski definition) is 0. The summed E-state index contributed by atoms with van der Waals surface area (Å²) in [5.74, 6) is 0.816. The summed E-state index contributed by atoms with van der Waals surface area (Å²) >= 11 is 3.57. The molecule has 0 fully saturated rings. The van der Waals surface area contributed by atoms with E-state index in [1.165, 1.54) is 11.1 Å². The zero-order valence-corrected chi connectivity index (χ0v) is 15.0. The van der Waals surface area contributed by atoms with Gasteiger partial charge in [0.1, 0.15) is 5.52 Å². The van der Waals surface area contributed by atoms with E-state index in [0.717, 1.165) is 34.0 Å². The second-order valence-corrected chi connectivity index (χ2v) is 6.59. The molecule has 0 amide bonds.